The van der Waals surface area contributed by atoms with E-state index >= 15 is 0 Å². The Hall–Kier alpha value is -1.06. The van der Waals surface area contributed by atoms with E-state index < -0.39 is 0 Å². The Morgan fingerprint density at radius 2 is 2.24 bits per heavy atom. The molecule has 1 aliphatic rings. The van der Waals surface area contributed by atoms with Crippen LogP contribution in [0.25, 0.3) is 0 Å². The number of ether oxygens (including phenoxy) is 1. The number of likely N-dealkylation sites (N-methyl/N-ethyl adjacent to an activating group) is 1. The predicted molar refractivity (Wildman–Crippen MR) is 70.5 cm³/mol. The van der Waals surface area contributed by atoms with Gasteiger partial charge in [0.2, 0.25) is 0 Å². The summed E-state index contributed by atoms with van der Waals surface area (Å²) < 4.78 is 5.65. The smallest absolute Gasteiger partial charge is 0.124 e. The average molecular weight is 234 g/mol. The number of rotatable bonds is 5. The minimum Gasteiger partial charge on any atom is -0.493 e. The molecule has 0 saturated carbocycles. The summed E-state index contributed by atoms with van der Waals surface area (Å²) >= 11 is 0. The molecule has 3 nitrogen and oxygen atoms in total. The van der Waals surface area contributed by atoms with Crippen molar-refractivity contribution in [1.82, 2.24) is 10.2 Å². The Morgan fingerprint density at radius 1 is 1.41 bits per heavy atom. The summed E-state index contributed by atoms with van der Waals surface area (Å²) in [6.45, 7) is 6.23. The Kier molecular flexibility index (Phi) is 4.40. The molecule has 0 spiro atoms. The number of hydrogen-bond acceptors (Lipinski definition) is 3. The molecule has 0 saturated heterocycles. The molecular weight excluding hydrogens is 212 g/mol. The van der Waals surface area contributed by atoms with Gasteiger partial charge in [-0.1, -0.05) is 25.1 Å². The molecule has 0 aliphatic carbocycles. The number of hydrogen-bond donors (Lipinski definition) is 1. The fourth-order valence-electron chi connectivity index (χ4n) is 2.14. The monoisotopic (exact) mass is 234 g/mol. The van der Waals surface area contributed by atoms with E-state index in [0.717, 1.165) is 38.4 Å². The van der Waals surface area contributed by atoms with Crippen LogP contribution in [0.5, 0.6) is 5.75 Å². The van der Waals surface area contributed by atoms with Gasteiger partial charge < -0.3 is 15.0 Å². The zero-order valence-electron chi connectivity index (χ0n) is 10.8. The van der Waals surface area contributed by atoms with Gasteiger partial charge in [0.05, 0.1) is 6.61 Å². The first kappa shape index (κ1) is 12.4. The Morgan fingerprint density at radius 3 is 3.06 bits per heavy atom. The van der Waals surface area contributed by atoms with Crippen molar-refractivity contribution in [3.8, 4) is 5.75 Å². The second-order valence-electron chi connectivity index (χ2n) is 4.58. The van der Waals surface area contributed by atoms with Crippen molar-refractivity contribution < 1.29 is 4.74 Å². The quantitative estimate of drug-likeness (QED) is 0.844. The molecular formula is C14H22N2O. The van der Waals surface area contributed by atoms with Crippen molar-refractivity contribution in [2.75, 3.05) is 33.3 Å². The van der Waals surface area contributed by atoms with Gasteiger partial charge in [-0.2, -0.15) is 0 Å². The molecule has 1 atom stereocenters. The highest BCUT2D eigenvalue weighted by Gasteiger charge is 2.19. The Bertz CT molecular complexity index is 354. The third kappa shape index (κ3) is 3.20. The number of nitrogens with zero attached hydrogens (tertiary/aromatic N) is 1. The summed E-state index contributed by atoms with van der Waals surface area (Å²) in [5.41, 5.74) is 1.30. The predicted octanol–water partition coefficient (Wildman–Crippen LogP) is 2.05. The van der Waals surface area contributed by atoms with Crippen LogP contribution in [0, 0.1) is 0 Å². The normalized spacial score (nSPS) is 18.9. The highest BCUT2D eigenvalue weighted by molar-refractivity contribution is 5.37. The SMILES string of the molecule is CCN(C)CCNC1CCOc2ccccc21. The Balaban J connectivity index is 1.90. The highest BCUT2D eigenvalue weighted by atomic mass is 16.5. The van der Waals surface area contributed by atoms with Crippen molar-refractivity contribution in [1.29, 1.82) is 0 Å². The van der Waals surface area contributed by atoms with Gasteiger partial charge in [0.25, 0.3) is 0 Å². The topological polar surface area (TPSA) is 24.5 Å². The Labute approximate surface area is 104 Å². The van der Waals surface area contributed by atoms with Crippen molar-refractivity contribution in [2.45, 2.75) is 19.4 Å². The van der Waals surface area contributed by atoms with Crippen molar-refractivity contribution >= 4 is 0 Å². The summed E-state index contributed by atoms with van der Waals surface area (Å²) in [4.78, 5) is 2.32. The maximum absolute atomic E-state index is 5.65. The third-order valence-corrected chi connectivity index (χ3v) is 3.38. The number of nitrogens with one attached hydrogen (secondary N) is 1. The van der Waals surface area contributed by atoms with Crippen molar-refractivity contribution in [3.05, 3.63) is 29.8 Å². The third-order valence-electron chi connectivity index (χ3n) is 3.38. The molecule has 2 rings (SSSR count). The van der Waals surface area contributed by atoms with E-state index in [0.29, 0.717) is 6.04 Å². The average Bonchev–Trinajstić information content (AvgIpc) is 2.39. The molecule has 1 N–H and O–H groups in total. The first-order chi connectivity index (χ1) is 8.31. The molecule has 1 aromatic rings. The summed E-state index contributed by atoms with van der Waals surface area (Å²) in [6, 6.07) is 8.79. The first-order valence-electron chi connectivity index (χ1n) is 6.45. The van der Waals surface area contributed by atoms with E-state index in [4.69, 9.17) is 4.74 Å². The van der Waals surface area contributed by atoms with Crippen LogP contribution < -0.4 is 10.1 Å². The summed E-state index contributed by atoms with van der Waals surface area (Å²) in [6.07, 6.45) is 1.06. The first-order valence-corrected chi connectivity index (χ1v) is 6.45. The van der Waals surface area contributed by atoms with Crippen LogP contribution in [0.3, 0.4) is 0 Å². The molecule has 0 aromatic heterocycles. The summed E-state index contributed by atoms with van der Waals surface area (Å²) in [5.74, 6) is 1.04. The fourth-order valence-corrected chi connectivity index (χ4v) is 2.14. The molecule has 0 bridgehead atoms. The van der Waals surface area contributed by atoms with Crippen LogP contribution in [-0.2, 0) is 0 Å². The largest absolute Gasteiger partial charge is 0.493 e. The van der Waals surface area contributed by atoms with Gasteiger partial charge in [-0.25, -0.2) is 0 Å². The van der Waals surface area contributed by atoms with Gasteiger partial charge in [0.1, 0.15) is 5.75 Å². The molecule has 1 aromatic carbocycles. The summed E-state index contributed by atoms with van der Waals surface area (Å²) in [5, 5.41) is 3.62. The zero-order chi connectivity index (χ0) is 12.1. The van der Waals surface area contributed by atoms with E-state index in [-0.39, 0.29) is 0 Å². The molecule has 0 amide bonds. The van der Waals surface area contributed by atoms with Crippen LogP contribution in [0.1, 0.15) is 24.9 Å². The molecule has 1 unspecified atom stereocenters. The lowest BCUT2D eigenvalue weighted by molar-refractivity contribution is 0.247. The molecule has 1 heterocycles. The second kappa shape index (κ2) is 6.03. The van der Waals surface area contributed by atoms with Gasteiger partial charge in [0.15, 0.2) is 0 Å². The lowest BCUT2D eigenvalue weighted by atomic mass is 10.0. The van der Waals surface area contributed by atoms with Crippen LogP contribution >= 0.6 is 0 Å². The molecule has 17 heavy (non-hydrogen) atoms. The molecule has 1 aliphatic heterocycles. The van der Waals surface area contributed by atoms with Crippen LogP contribution in [-0.4, -0.2) is 38.2 Å². The van der Waals surface area contributed by atoms with Crippen molar-refractivity contribution in [2.24, 2.45) is 0 Å². The number of fused-ring (bicyclic) bond motifs is 1. The van der Waals surface area contributed by atoms with Crippen LogP contribution in [0.4, 0.5) is 0 Å². The lowest BCUT2D eigenvalue weighted by Crippen LogP contribution is -2.33. The number of para-hydroxylation sites is 1. The molecule has 3 heteroatoms. The van der Waals surface area contributed by atoms with Crippen LogP contribution in [0.2, 0.25) is 0 Å². The van der Waals surface area contributed by atoms with Crippen LogP contribution in [0.15, 0.2) is 24.3 Å². The van der Waals surface area contributed by atoms with Crippen molar-refractivity contribution in [3.63, 3.8) is 0 Å². The maximum Gasteiger partial charge on any atom is 0.124 e. The standard InChI is InChI=1S/C14H22N2O/c1-3-16(2)10-9-15-13-8-11-17-14-7-5-4-6-12(13)14/h4-7,13,15H,3,8-11H2,1-2H3. The van der Waals surface area contributed by atoms with E-state index in [2.05, 4.69) is 42.4 Å². The van der Waals surface area contributed by atoms with Gasteiger partial charge in [-0.05, 0) is 19.7 Å². The molecule has 94 valence electrons. The zero-order valence-corrected chi connectivity index (χ0v) is 10.8. The fraction of sp³-hybridized carbons (Fsp3) is 0.571. The van der Waals surface area contributed by atoms with Gasteiger partial charge in [-0.3, -0.25) is 0 Å². The van der Waals surface area contributed by atoms with Gasteiger partial charge in [0, 0.05) is 31.1 Å². The molecule has 0 fully saturated rings. The van der Waals surface area contributed by atoms with Gasteiger partial charge in [-0.15, -0.1) is 0 Å². The second-order valence-corrected chi connectivity index (χ2v) is 4.58. The minimum atomic E-state index is 0.449. The lowest BCUT2D eigenvalue weighted by Gasteiger charge is -2.27. The van der Waals surface area contributed by atoms with Gasteiger partial charge >= 0.3 is 0 Å². The maximum atomic E-state index is 5.65. The van der Waals surface area contributed by atoms with E-state index in [1.807, 2.05) is 6.07 Å². The van der Waals surface area contributed by atoms with E-state index in [9.17, 15) is 0 Å². The number of benzene rings is 1. The highest BCUT2D eigenvalue weighted by Crippen LogP contribution is 2.31. The molecule has 0 radical (unpaired) electrons. The van der Waals surface area contributed by atoms with E-state index in [1.165, 1.54) is 5.56 Å². The van der Waals surface area contributed by atoms with E-state index in [1.54, 1.807) is 0 Å². The summed E-state index contributed by atoms with van der Waals surface area (Å²) in [7, 11) is 2.15. The minimum absolute atomic E-state index is 0.449.